The molecule has 4 fully saturated rings. The first-order valence-corrected chi connectivity index (χ1v) is 23.7. The lowest BCUT2D eigenvalue weighted by Gasteiger charge is -2.38. The van der Waals surface area contributed by atoms with E-state index in [-0.39, 0.29) is 42.3 Å². The predicted octanol–water partition coefficient (Wildman–Crippen LogP) is 4.64. The molecule has 0 spiro atoms. The van der Waals surface area contributed by atoms with Gasteiger partial charge in [0, 0.05) is 93.2 Å². The Labute approximate surface area is 402 Å². The number of nitrogens with zero attached hydrogens (tertiary/aromatic N) is 11. The molecule has 4 aromatic heterocycles. The van der Waals surface area contributed by atoms with Crippen LogP contribution in [0.4, 0.5) is 26.0 Å². The molecule has 0 bridgehead atoms. The van der Waals surface area contributed by atoms with Gasteiger partial charge < -0.3 is 24.9 Å². The Kier molecular flexibility index (Phi) is 13.1. The molecule has 1 unspecified atom stereocenters. The van der Waals surface area contributed by atoms with Crippen molar-refractivity contribution in [2.24, 2.45) is 0 Å². The molecular weight excluding hydrogens is 897 g/mol. The van der Waals surface area contributed by atoms with Gasteiger partial charge in [-0.2, -0.15) is 10.4 Å². The highest BCUT2D eigenvalue weighted by Gasteiger charge is 2.30. The van der Waals surface area contributed by atoms with Gasteiger partial charge in [-0.25, -0.2) is 23.3 Å². The summed E-state index contributed by atoms with van der Waals surface area (Å²) in [6.07, 6.45) is 8.41. The van der Waals surface area contributed by atoms with Crippen LogP contribution in [0.1, 0.15) is 48.4 Å². The summed E-state index contributed by atoms with van der Waals surface area (Å²) in [4.78, 5) is 74.1. The number of likely N-dealkylation sites (tertiary alicyclic amines) is 1. The predicted molar refractivity (Wildman–Crippen MR) is 256 cm³/mol. The number of piperazine rings is 2. The number of imide groups is 1. The fraction of sp³-hybridized carbons (Fsp3) is 0.353. The molecule has 0 saturated carbocycles. The van der Waals surface area contributed by atoms with Crippen molar-refractivity contribution in [1.82, 2.24) is 44.6 Å². The molecular formula is C51H51F2N13O4. The summed E-state index contributed by atoms with van der Waals surface area (Å²) in [7, 11) is 0. The highest BCUT2D eigenvalue weighted by Crippen LogP contribution is 2.33. The topological polar surface area (TPSA) is 188 Å². The Morgan fingerprint density at radius 1 is 0.771 bits per heavy atom. The van der Waals surface area contributed by atoms with E-state index in [1.54, 1.807) is 27.7 Å². The van der Waals surface area contributed by atoms with Crippen LogP contribution in [0.15, 0.2) is 91.5 Å². The van der Waals surface area contributed by atoms with Crippen LogP contribution in [-0.4, -0.2) is 141 Å². The molecule has 0 aliphatic carbocycles. The number of fused-ring (bicyclic) bond motifs is 1. The quantitative estimate of drug-likeness (QED) is 0.171. The maximum absolute atomic E-state index is 15.3. The van der Waals surface area contributed by atoms with Gasteiger partial charge in [0.2, 0.25) is 23.6 Å². The Morgan fingerprint density at radius 2 is 1.50 bits per heavy atom. The van der Waals surface area contributed by atoms with E-state index in [4.69, 9.17) is 9.97 Å². The van der Waals surface area contributed by atoms with E-state index in [0.29, 0.717) is 118 Å². The number of amides is 4. The van der Waals surface area contributed by atoms with Crippen molar-refractivity contribution in [3.63, 3.8) is 0 Å². The Bertz CT molecular complexity index is 2960. The molecule has 6 aromatic rings. The lowest BCUT2D eigenvalue weighted by molar-refractivity contribution is -0.134. The average molecular weight is 948 g/mol. The first kappa shape index (κ1) is 45.9. The fourth-order valence-electron chi connectivity index (χ4n) is 9.84. The largest absolute Gasteiger partial charge is 0.374 e. The van der Waals surface area contributed by atoms with Crippen LogP contribution < -0.4 is 20.4 Å². The number of aromatic nitrogens is 5. The molecule has 4 aliphatic heterocycles. The highest BCUT2D eigenvalue weighted by molar-refractivity contribution is 6.01. The van der Waals surface area contributed by atoms with E-state index < -0.39 is 17.8 Å². The number of nitrogens with one attached hydrogen (secondary N) is 2. The zero-order valence-corrected chi connectivity index (χ0v) is 38.4. The molecule has 1 atom stereocenters. The van der Waals surface area contributed by atoms with Gasteiger partial charge in [0.15, 0.2) is 0 Å². The number of piperidine rings is 2. The molecule has 4 aliphatic rings. The van der Waals surface area contributed by atoms with Crippen LogP contribution >= 0.6 is 0 Å². The third-order valence-electron chi connectivity index (χ3n) is 13.8. The van der Waals surface area contributed by atoms with Crippen LogP contribution in [0.5, 0.6) is 0 Å². The SMILES string of the molecule is N#Cc1cnn2cc(-c3ccc(N4CCN(C(=O)CN5CCC(c6ccc(NC7CCC(=O)NC7=O)cc6F)CC5)CC4)cc3)nc(-c3ccc(N4CCN(C(=O)Cc5ccc(F)cn5)CC4)nc3)c12. The molecule has 4 amide bonds. The number of carbonyl (C=O) groups is 4. The number of halogens is 2. The fourth-order valence-corrected chi connectivity index (χ4v) is 9.84. The van der Waals surface area contributed by atoms with E-state index in [9.17, 15) is 28.8 Å². The maximum Gasteiger partial charge on any atom is 0.249 e. The Hall–Kier alpha value is -7.85. The van der Waals surface area contributed by atoms with Crippen LogP contribution in [0.3, 0.4) is 0 Å². The minimum Gasteiger partial charge on any atom is -0.374 e. The molecule has 4 saturated heterocycles. The summed E-state index contributed by atoms with van der Waals surface area (Å²) >= 11 is 0. The molecule has 2 aromatic carbocycles. The summed E-state index contributed by atoms with van der Waals surface area (Å²) in [5.41, 5.74) is 6.52. The number of nitriles is 1. The van der Waals surface area contributed by atoms with Gasteiger partial charge in [-0.3, -0.25) is 34.4 Å². The monoisotopic (exact) mass is 947 g/mol. The summed E-state index contributed by atoms with van der Waals surface area (Å²) in [6, 6.07) is 21.5. The second-order valence-electron chi connectivity index (χ2n) is 18.2. The lowest BCUT2D eigenvalue weighted by atomic mass is 9.89. The minimum absolute atomic E-state index is 0.0324. The smallest absolute Gasteiger partial charge is 0.249 e. The van der Waals surface area contributed by atoms with Crippen LogP contribution in [0, 0.1) is 23.0 Å². The van der Waals surface area contributed by atoms with Crippen molar-refractivity contribution < 1.29 is 28.0 Å². The zero-order chi connectivity index (χ0) is 48.3. The van der Waals surface area contributed by atoms with Crippen molar-refractivity contribution in [3.05, 3.63) is 120 Å². The first-order chi connectivity index (χ1) is 34.0. The molecule has 70 heavy (non-hydrogen) atoms. The standard InChI is InChI=1S/C51H51F2N13O4/c52-37-4-5-38(55-30-37)26-47(68)64-23-19-63(20-24-64)45-11-3-35(28-56-45)49-50-36(27-54)29-57-66(50)31-44(59-49)34-1-7-40(8-2-34)62-17-21-65(22-18-62)48(69)32-61-15-13-33(14-16-61)41-9-6-39(25-42(41)53)58-43-10-12-46(67)60-51(43)70/h1-9,11,25,28-31,33,43,58H,10,12-24,26,32H2,(H,60,67,70). The summed E-state index contributed by atoms with van der Waals surface area (Å²) in [6.45, 7) is 6.51. The number of rotatable bonds is 11. The van der Waals surface area contributed by atoms with Gasteiger partial charge in [-0.05, 0) is 92.4 Å². The molecule has 2 N–H and O–H groups in total. The number of pyridine rings is 2. The number of anilines is 3. The third-order valence-corrected chi connectivity index (χ3v) is 13.8. The van der Waals surface area contributed by atoms with Crippen molar-refractivity contribution in [3.8, 4) is 28.6 Å². The van der Waals surface area contributed by atoms with Gasteiger partial charge in [-0.1, -0.05) is 18.2 Å². The van der Waals surface area contributed by atoms with Crippen molar-refractivity contribution in [1.29, 1.82) is 5.26 Å². The van der Waals surface area contributed by atoms with Crippen molar-refractivity contribution in [2.45, 2.75) is 44.1 Å². The van der Waals surface area contributed by atoms with Gasteiger partial charge in [0.05, 0.1) is 42.9 Å². The molecule has 358 valence electrons. The number of benzene rings is 2. The molecule has 19 heteroatoms. The van der Waals surface area contributed by atoms with E-state index in [2.05, 4.69) is 53.6 Å². The summed E-state index contributed by atoms with van der Waals surface area (Å²) in [5, 5.41) is 19.8. The highest BCUT2D eigenvalue weighted by atomic mass is 19.1. The second kappa shape index (κ2) is 20.0. The van der Waals surface area contributed by atoms with Gasteiger partial charge in [0.25, 0.3) is 0 Å². The van der Waals surface area contributed by atoms with Crippen LogP contribution in [0.2, 0.25) is 0 Å². The van der Waals surface area contributed by atoms with Gasteiger partial charge >= 0.3 is 0 Å². The minimum atomic E-state index is -0.580. The lowest BCUT2D eigenvalue weighted by Crippen LogP contribution is -2.51. The number of hydrogen-bond donors (Lipinski definition) is 2. The van der Waals surface area contributed by atoms with Crippen molar-refractivity contribution >= 4 is 46.3 Å². The van der Waals surface area contributed by atoms with E-state index in [1.165, 1.54) is 24.4 Å². The molecule has 0 radical (unpaired) electrons. The summed E-state index contributed by atoms with van der Waals surface area (Å²) < 4.78 is 30.3. The van der Waals surface area contributed by atoms with Gasteiger partial charge in [0.1, 0.15) is 40.6 Å². The third kappa shape index (κ3) is 9.99. The first-order valence-electron chi connectivity index (χ1n) is 23.7. The molecule has 10 rings (SSSR count). The normalized spacial score (nSPS) is 18.2. The van der Waals surface area contributed by atoms with Gasteiger partial charge in [-0.15, -0.1) is 0 Å². The number of carbonyl (C=O) groups excluding carboxylic acids is 4. The Balaban J connectivity index is 0.717. The Morgan fingerprint density at radius 3 is 2.17 bits per heavy atom. The van der Waals surface area contributed by atoms with Crippen LogP contribution in [-0.2, 0) is 25.6 Å². The van der Waals surface area contributed by atoms with Crippen LogP contribution in [0.25, 0.3) is 28.0 Å². The molecule has 17 nitrogen and oxygen atoms in total. The number of hydrogen-bond acceptors (Lipinski definition) is 13. The second-order valence-corrected chi connectivity index (χ2v) is 18.2. The maximum atomic E-state index is 15.3. The molecule has 8 heterocycles. The average Bonchev–Trinajstić information content (AvgIpc) is 3.81. The zero-order valence-electron chi connectivity index (χ0n) is 38.4. The van der Waals surface area contributed by atoms with Crippen molar-refractivity contribution in [2.75, 3.05) is 87.1 Å². The summed E-state index contributed by atoms with van der Waals surface area (Å²) in [5.74, 6) is -0.632. The van der Waals surface area contributed by atoms with E-state index in [1.807, 2.05) is 35.4 Å². The van der Waals surface area contributed by atoms with E-state index in [0.717, 1.165) is 41.7 Å². The van der Waals surface area contributed by atoms with E-state index >= 15 is 4.39 Å².